The Morgan fingerprint density at radius 2 is 2.00 bits per heavy atom. The first-order valence-electron chi connectivity index (χ1n) is 5.78. The summed E-state index contributed by atoms with van der Waals surface area (Å²) >= 11 is 0. The van der Waals surface area contributed by atoms with E-state index in [9.17, 15) is 10.2 Å². The summed E-state index contributed by atoms with van der Waals surface area (Å²) in [4.78, 5) is 7.36. The van der Waals surface area contributed by atoms with Gasteiger partial charge in [-0.1, -0.05) is 12.1 Å². The Morgan fingerprint density at radius 1 is 1.22 bits per heavy atom. The van der Waals surface area contributed by atoms with Crippen molar-refractivity contribution in [2.24, 2.45) is 0 Å². The Labute approximate surface area is 103 Å². The van der Waals surface area contributed by atoms with E-state index in [1.54, 1.807) is 0 Å². The highest BCUT2D eigenvalue weighted by Crippen LogP contribution is 2.32. The first-order chi connectivity index (χ1) is 8.70. The minimum Gasteiger partial charge on any atom is -0.394 e. The maximum atomic E-state index is 9.89. The smallest absolute Gasteiger partial charge is 0.144 e. The minimum absolute atomic E-state index is 0.338. The molecule has 1 saturated heterocycles. The van der Waals surface area contributed by atoms with Crippen molar-refractivity contribution in [2.45, 2.75) is 24.4 Å². The Kier molecular flexibility index (Phi) is 2.79. The highest BCUT2D eigenvalue weighted by Gasteiger charge is 2.44. The summed E-state index contributed by atoms with van der Waals surface area (Å²) in [5, 5.41) is 28.6. The molecule has 0 amide bonds. The van der Waals surface area contributed by atoms with E-state index >= 15 is 0 Å². The molecule has 1 aliphatic rings. The molecule has 6 heteroatoms. The number of hydrogen-bond donors (Lipinski definition) is 4. The fourth-order valence-electron chi connectivity index (χ4n) is 2.23. The SMILES string of the molecule is OC[C@@H]1O[C@@H](c2nc3ccccc3[nH]2)[C@H](O)[C@H]1O. The van der Waals surface area contributed by atoms with E-state index in [-0.39, 0.29) is 6.61 Å². The van der Waals surface area contributed by atoms with E-state index in [2.05, 4.69) is 9.97 Å². The average Bonchev–Trinajstić information content (AvgIpc) is 2.92. The van der Waals surface area contributed by atoms with Crippen molar-refractivity contribution in [2.75, 3.05) is 6.61 Å². The van der Waals surface area contributed by atoms with Crippen LogP contribution in [0.15, 0.2) is 24.3 Å². The molecule has 0 aliphatic carbocycles. The molecule has 0 bridgehead atoms. The summed E-state index contributed by atoms with van der Waals surface area (Å²) in [6.45, 7) is -0.338. The number of fused-ring (bicyclic) bond motifs is 1. The topological polar surface area (TPSA) is 98.6 Å². The fraction of sp³-hybridized carbons (Fsp3) is 0.417. The molecular weight excluding hydrogens is 236 g/mol. The van der Waals surface area contributed by atoms with E-state index in [0.29, 0.717) is 5.82 Å². The minimum atomic E-state index is -1.10. The van der Waals surface area contributed by atoms with Crippen LogP contribution in [0.25, 0.3) is 11.0 Å². The van der Waals surface area contributed by atoms with Crippen LogP contribution in [0.1, 0.15) is 11.9 Å². The van der Waals surface area contributed by atoms with Gasteiger partial charge in [-0.25, -0.2) is 4.98 Å². The zero-order valence-corrected chi connectivity index (χ0v) is 9.52. The third-order valence-corrected chi connectivity index (χ3v) is 3.22. The number of rotatable bonds is 2. The van der Waals surface area contributed by atoms with Crippen LogP contribution in [-0.4, -0.2) is 50.2 Å². The van der Waals surface area contributed by atoms with Crippen molar-refractivity contribution in [3.8, 4) is 0 Å². The summed E-state index contributed by atoms with van der Waals surface area (Å²) in [5.74, 6) is 0.457. The summed E-state index contributed by atoms with van der Waals surface area (Å²) in [7, 11) is 0. The van der Waals surface area contributed by atoms with Gasteiger partial charge in [-0.15, -0.1) is 0 Å². The zero-order chi connectivity index (χ0) is 12.7. The first-order valence-corrected chi connectivity index (χ1v) is 5.78. The van der Waals surface area contributed by atoms with Gasteiger partial charge < -0.3 is 25.0 Å². The van der Waals surface area contributed by atoms with Crippen LogP contribution < -0.4 is 0 Å². The molecular formula is C12H14N2O4. The van der Waals surface area contributed by atoms with Gasteiger partial charge in [0.1, 0.15) is 30.2 Å². The second kappa shape index (κ2) is 4.33. The number of benzene rings is 1. The van der Waals surface area contributed by atoms with Gasteiger partial charge in [0.15, 0.2) is 0 Å². The summed E-state index contributed by atoms with van der Waals surface area (Å²) in [5.41, 5.74) is 1.61. The molecule has 1 aromatic heterocycles. The van der Waals surface area contributed by atoms with Crippen LogP contribution in [0.2, 0.25) is 0 Å². The van der Waals surface area contributed by atoms with Crippen molar-refractivity contribution in [3.05, 3.63) is 30.1 Å². The number of nitrogens with one attached hydrogen (secondary N) is 1. The second-order valence-electron chi connectivity index (χ2n) is 4.40. The van der Waals surface area contributed by atoms with Gasteiger partial charge >= 0.3 is 0 Å². The van der Waals surface area contributed by atoms with E-state index in [4.69, 9.17) is 9.84 Å². The third-order valence-electron chi connectivity index (χ3n) is 3.22. The van der Waals surface area contributed by atoms with Crippen LogP contribution >= 0.6 is 0 Å². The Morgan fingerprint density at radius 3 is 2.67 bits per heavy atom. The van der Waals surface area contributed by atoms with Crippen LogP contribution in [0, 0.1) is 0 Å². The lowest BCUT2D eigenvalue weighted by Crippen LogP contribution is -2.32. The van der Waals surface area contributed by atoms with Crippen LogP contribution in [0.4, 0.5) is 0 Å². The number of H-pyrrole nitrogens is 1. The molecule has 2 heterocycles. The van der Waals surface area contributed by atoms with Gasteiger partial charge in [-0.3, -0.25) is 0 Å². The summed E-state index contributed by atoms with van der Waals surface area (Å²) in [6, 6.07) is 7.45. The van der Waals surface area contributed by atoms with Gasteiger partial charge in [0.2, 0.25) is 0 Å². The monoisotopic (exact) mass is 250 g/mol. The van der Waals surface area contributed by atoms with E-state index in [1.807, 2.05) is 24.3 Å². The van der Waals surface area contributed by atoms with Gasteiger partial charge in [0.25, 0.3) is 0 Å². The number of imidazole rings is 1. The Bertz CT molecular complexity index is 523. The molecule has 1 aliphatic heterocycles. The largest absolute Gasteiger partial charge is 0.394 e. The van der Waals surface area contributed by atoms with Crippen molar-refractivity contribution in [3.63, 3.8) is 0 Å². The van der Waals surface area contributed by atoms with E-state index in [1.165, 1.54) is 0 Å². The van der Waals surface area contributed by atoms with Gasteiger partial charge in [0, 0.05) is 0 Å². The number of hydrogen-bond acceptors (Lipinski definition) is 5. The highest BCUT2D eigenvalue weighted by molar-refractivity contribution is 5.74. The normalized spacial score (nSPS) is 32.2. The number of aliphatic hydroxyl groups is 3. The summed E-state index contributed by atoms with van der Waals surface area (Å²) < 4.78 is 5.41. The predicted molar refractivity (Wildman–Crippen MR) is 62.8 cm³/mol. The van der Waals surface area contributed by atoms with Crippen molar-refractivity contribution in [1.82, 2.24) is 9.97 Å². The maximum absolute atomic E-state index is 9.89. The molecule has 3 rings (SSSR count). The van der Waals surface area contributed by atoms with Crippen LogP contribution in [-0.2, 0) is 4.74 Å². The average molecular weight is 250 g/mol. The van der Waals surface area contributed by atoms with Crippen LogP contribution in [0.3, 0.4) is 0 Å². The zero-order valence-electron chi connectivity index (χ0n) is 9.52. The fourth-order valence-corrected chi connectivity index (χ4v) is 2.23. The molecule has 18 heavy (non-hydrogen) atoms. The number of nitrogens with zero attached hydrogens (tertiary/aromatic N) is 1. The molecule has 6 nitrogen and oxygen atoms in total. The number of aromatic nitrogens is 2. The molecule has 0 radical (unpaired) electrons. The third kappa shape index (κ3) is 1.70. The second-order valence-corrected chi connectivity index (χ2v) is 4.40. The molecule has 4 atom stereocenters. The van der Waals surface area contributed by atoms with Gasteiger partial charge in [0.05, 0.1) is 17.6 Å². The molecule has 2 aromatic rings. The quantitative estimate of drug-likeness (QED) is 0.587. The molecule has 0 spiro atoms. The number of aliphatic hydroxyl groups excluding tert-OH is 3. The van der Waals surface area contributed by atoms with Gasteiger partial charge in [-0.2, -0.15) is 0 Å². The molecule has 1 fully saturated rings. The van der Waals surface area contributed by atoms with Gasteiger partial charge in [-0.05, 0) is 12.1 Å². The van der Waals surface area contributed by atoms with Crippen molar-refractivity contribution >= 4 is 11.0 Å². The number of para-hydroxylation sites is 2. The molecule has 0 unspecified atom stereocenters. The number of aromatic amines is 1. The predicted octanol–water partition coefficient (Wildman–Crippen LogP) is -0.283. The van der Waals surface area contributed by atoms with E-state index in [0.717, 1.165) is 11.0 Å². The Balaban J connectivity index is 1.95. The molecule has 1 aromatic carbocycles. The van der Waals surface area contributed by atoms with Crippen LogP contribution in [0.5, 0.6) is 0 Å². The highest BCUT2D eigenvalue weighted by atomic mass is 16.6. The lowest BCUT2D eigenvalue weighted by Gasteiger charge is -2.11. The summed E-state index contributed by atoms with van der Waals surface area (Å²) in [6.07, 6.45) is -3.72. The Hall–Kier alpha value is -1.47. The standard InChI is InChI=1S/C12H14N2O4/c15-5-8-9(16)10(17)11(18-8)12-13-6-3-1-2-4-7(6)14-12/h1-4,8-11,15-17H,5H2,(H,13,14)/t8-,9-,10+,11+/m0/s1. The first kappa shape index (κ1) is 11.6. The van der Waals surface area contributed by atoms with Crippen molar-refractivity contribution < 1.29 is 20.1 Å². The van der Waals surface area contributed by atoms with Crippen molar-refractivity contribution in [1.29, 1.82) is 0 Å². The lowest BCUT2D eigenvalue weighted by atomic mass is 10.1. The molecule has 96 valence electrons. The molecule has 4 N–H and O–H groups in total. The number of ether oxygens (including phenoxy) is 1. The molecule has 0 saturated carbocycles. The lowest BCUT2D eigenvalue weighted by molar-refractivity contribution is -0.0249. The maximum Gasteiger partial charge on any atom is 0.144 e. The van der Waals surface area contributed by atoms with E-state index < -0.39 is 24.4 Å².